The van der Waals surface area contributed by atoms with Crippen LogP contribution in [0.1, 0.15) is 29.2 Å². The van der Waals surface area contributed by atoms with Crippen molar-refractivity contribution in [2.45, 2.75) is 25.9 Å². The minimum atomic E-state index is 0.144. The summed E-state index contributed by atoms with van der Waals surface area (Å²) in [5.41, 5.74) is 10.9. The predicted octanol–water partition coefficient (Wildman–Crippen LogP) is 2.99. The highest BCUT2D eigenvalue weighted by Gasteiger charge is 2.21. The summed E-state index contributed by atoms with van der Waals surface area (Å²) in [4.78, 5) is 6.62. The average Bonchev–Trinajstić information content (AvgIpc) is 2.61. The molecule has 2 aromatic rings. The number of nitrogens with two attached hydrogens (primary N) is 1. The largest absolute Gasteiger partial charge is 0.493 e. The number of para-hydroxylation sites is 1. The third-order valence-corrected chi connectivity index (χ3v) is 4.54. The van der Waals surface area contributed by atoms with Crippen molar-refractivity contribution in [2.75, 3.05) is 25.6 Å². The van der Waals surface area contributed by atoms with Crippen LogP contribution in [-0.2, 0) is 6.54 Å². The van der Waals surface area contributed by atoms with Crippen LogP contribution in [-0.4, -0.2) is 26.7 Å². The molecule has 5 nitrogen and oxygen atoms in total. The second-order valence-electron chi connectivity index (χ2n) is 6.58. The lowest BCUT2D eigenvalue weighted by atomic mass is 10.0. The van der Waals surface area contributed by atoms with E-state index in [-0.39, 0.29) is 6.04 Å². The smallest absolute Gasteiger partial charge is 0.189 e. The van der Waals surface area contributed by atoms with E-state index in [0.717, 1.165) is 17.7 Å². The molecule has 1 atom stereocenters. The van der Waals surface area contributed by atoms with Gasteiger partial charge < -0.3 is 20.7 Å². The lowest BCUT2D eigenvalue weighted by Crippen LogP contribution is -2.37. The summed E-state index contributed by atoms with van der Waals surface area (Å²) < 4.78 is 5.69. The highest BCUT2D eigenvalue weighted by atomic mass is 16.5. The molecule has 0 aromatic heterocycles. The van der Waals surface area contributed by atoms with Crippen molar-refractivity contribution in [1.29, 1.82) is 0 Å². The number of ether oxygens (including phenoxy) is 1. The molecule has 3 rings (SSSR count). The first kappa shape index (κ1) is 17.1. The van der Waals surface area contributed by atoms with Crippen LogP contribution in [0.25, 0.3) is 0 Å². The fourth-order valence-electron chi connectivity index (χ4n) is 3.02. The molecule has 0 fully saturated rings. The zero-order valence-electron chi connectivity index (χ0n) is 15.1. The van der Waals surface area contributed by atoms with Crippen LogP contribution in [0.5, 0.6) is 5.75 Å². The Bertz CT molecular complexity index is 770. The van der Waals surface area contributed by atoms with Gasteiger partial charge in [-0.2, -0.15) is 0 Å². The van der Waals surface area contributed by atoms with E-state index < -0.39 is 0 Å². The summed E-state index contributed by atoms with van der Waals surface area (Å²) in [7, 11) is 4.08. The second-order valence-corrected chi connectivity index (χ2v) is 6.58. The molecule has 5 heteroatoms. The van der Waals surface area contributed by atoms with Crippen LogP contribution in [0.15, 0.2) is 47.5 Å². The van der Waals surface area contributed by atoms with Gasteiger partial charge >= 0.3 is 0 Å². The Morgan fingerprint density at radius 2 is 2.08 bits per heavy atom. The molecular formula is C20H26N4O. The first-order chi connectivity index (χ1) is 12.0. The second kappa shape index (κ2) is 7.47. The van der Waals surface area contributed by atoms with E-state index in [1.54, 1.807) is 0 Å². The van der Waals surface area contributed by atoms with Crippen molar-refractivity contribution < 1.29 is 4.74 Å². The predicted molar refractivity (Wildman–Crippen MR) is 103 cm³/mol. The van der Waals surface area contributed by atoms with Gasteiger partial charge in [-0.1, -0.05) is 24.3 Å². The number of aliphatic imine (C=N–C) groups is 1. The van der Waals surface area contributed by atoms with Gasteiger partial charge in [-0.05, 0) is 36.2 Å². The fraction of sp³-hybridized carbons (Fsp3) is 0.350. The minimum Gasteiger partial charge on any atom is -0.493 e. The standard InChI is InChI=1S/C20H26N4O/c1-14-12-16(24(2)3)9-8-15(14)13-22-20(21)23-18-10-11-25-19-7-5-4-6-17(18)19/h4-9,12,18H,10-11,13H2,1-3H3,(H3,21,22,23). The van der Waals surface area contributed by atoms with E-state index in [2.05, 4.69) is 46.4 Å². The first-order valence-electron chi connectivity index (χ1n) is 8.59. The third-order valence-electron chi connectivity index (χ3n) is 4.54. The molecule has 0 amide bonds. The Kier molecular flexibility index (Phi) is 5.12. The van der Waals surface area contributed by atoms with Crippen LogP contribution in [0, 0.1) is 6.92 Å². The summed E-state index contributed by atoms with van der Waals surface area (Å²) in [6, 6.07) is 14.6. The maximum atomic E-state index is 6.13. The Hall–Kier alpha value is -2.69. The molecule has 2 aromatic carbocycles. The van der Waals surface area contributed by atoms with Crippen LogP contribution < -0.4 is 20.7 Å². The molecule has 132 valence electrons. The minimum absolute atomic E-state index is 0.144. The molecule has 0 aliphatic carbocycles. The Morgan fingerprint density at radius 1 is 1.28 bits per heavy atom. The van der Waals surface area contributed by atoms with Gasteiger partial charge in [0.05, 0.1) is 19.2 Å². The lowest BCUT2D eigenvalue weighted by Gasteiger charge is -2.27. The molecule has 0 spiro atoms. The van der Waals surface area contributed by atoms with Gasteiger partial charge in [0.25, 0.3) is 0 Å². The number of anilines is 1. The summed E-state index contributed by atoms with van der Waals surface area (Å²) in [5.74, 6) is 1.40. The number of nitrogens with zero attached hydrogens (tertiary/aromatic N) is 2. The Labute approximate surface area is 149 Å². The van der Waals surface area contributed by atoms with Gasteiger partial charge in [0.2, 0.25) is 0 Å². The number of hydrogen-bond donors (Lipinski definition) is 2. The quantitative estimate of drug-likeness (QED) is 0.664. The number of nitrogens with one attached hydrogen (secondary N) is 1. The monoisotopic (exact) mass is 338 g/mol. The van der Waals surface area contributed by atoms with Crippen LogP contribution >= 0.6 is 0 Å². The fourth-order valence-corrected chi connectivity index (χ4v) is 3.02. The number of benzene rings is 2. The highest BCUT2D eigenvalue weighted by Crippen LogP contribution is 2.31. The highest BCUT2D eigenvalue weighted by molar-refractivity contribution is 5.78. The van der Waals surface area contributed by atoms with Crippen molar-refractivity contribution in [3.05, 3.63) is 59.2 Å². The molecule has 0 bridgehead atoms. The van der Waals surface area contributed by atoms with Gasteiger partial charge in [0.15, 0.2) is 5.96 Å². The summed E-state index contributed by atoms with van der Waals surface area (Å²) in [5, 5.41) is 3.33. The SMILES string of the molecule is Cc1cc(N(C)C)ccc1CN=C(N)NC1CCOc2ccccc21. The molecule has 0 saturated heterocycles. The Balaban J connectivity index is 1.67. The van der Waals surface area contributed by atoms with Gasteiger partial charge in [-0.25, -0.2) is 4.99 Å². The lowest BCUT2D eigenvalue weighted by molar-refractivity contribution is 0.262. The molecule has 1 heterocycles. The first-order valence-corrected chi connectivity index (χ1v) is 8.59. The molecule has 25 heavy (non-hydrogen) atoms. The van der Waals surface area contributed by atoms with E-state index in [9.17, 15) is 0 Å². The zero-order chi connectivity index (χ0) is 17.8. The van der Waals surface area contributed by atoms with Gasteiger partial charge in [-0.15, -0.1) is 0 Å². The molecule has 0 radical (unpaired) electrons. The molecule has 1 aliphatic rings. The Morgan fingerprint density at radius 3 is 2.84 bits per heavy atom. The summed E-state index contributed by atoms with van der Waals surface area (Å²) in [6.07, 6.45) is 0.879. The number of fused-ring (bicyclic) bond motifs is 1. The van der Waals surface area contributed by atoms with Gasteiger partial charge in [0, 0.05) is 31.8 Å². The average molecular weight is 338 g/mol. The normalized spacial score (nSPS) is 16.8. The van der Waals surface area contributed by atoms with Crippen LogP contribution in [0.4, 0.5) is 5.69 Å². The number of guanidine groups is 1. The third kappa shape index (κ3) is 4.05. The zero-order valence-corrected chi connectivity index (χ0v) is 15.1. The van der Waals surface area contributed by atoms with Gasteiger partial charge in [-0.3, -0.25) is 0 Å². The van der Waals surface area contributed by atoms with Crippen LogP contribution in [0.2, 0.25) is 0 Å². The van der Waals surface area contributed by atoms with E-state index in [4.69, 9.17) is 10.5 Å². The van der Waals surface area contributed by atoms with E-state index in [1.165, 1.54) is 16.8 Å². The van der Waals surface area contributed by atoms with Crippen molar-refractivity contribution in [3.8, 4) is 5.75 Å². The molecule has 0 saturated carbocycles. The number of aryl methyl sites for hydroxylation is 1. The van der Waals surface area contributed by atoms with E-state index in [0.29, 0.717) is 19.1 Å². The molecular weight excluding hydrogens is 312 g/mol. The van der Waals surface area contributed by atoms with E-state index in [1.807, 2.05) is 32.3 Å². The van der Waals surface area contributed by atoms with E-state index >= 15 is 0 Å². The van der Waals surface area contributed by atoms with Crippen molar-refractivity contribution >= 4 is 11.6 Å². The topological polar surface area (TPSA) is 62.9 Å². The molecule has 1 aliphatic heterocycles. The van der Waals surface area contributed by atoms with Crippen molar-refractivity contribution in [2.24, 2.45) is 10.7 Å². The van der Waals surface area contributed by atoms with Crippen molar-refractivity contribution in [1.82, 2.24) is 5.32 Å². The summed E-state index contributed by atoms with van der Waals surface area (Å²) >= 11 is 0. The number of rotatable bonds is 4. The summed E-state index contributed by atoms with van der Waals surface area (Å²) in [6.45, 7) is 3.37. The van der Waals surface area contributed by atoms with Crippen molar-refractivity contribution in [3.63, 3.8) is 0 Å². The number of hydrogen-bond acceptors (Lipinski definition) is 3. The molecule has 3 N–H and O–H groups in total. The maximum Gasteiger partial charge on any atom is 0.189 e. The van der Waals surface area contributed by atoms with Crippen LogP contribution in [0.3, 0.4) is 0 Å². The molecule has 1 unspecified atom stereocenters. The van der Waals surface area contributed by atoms with Gasteiger partial charge in [0.1, 0.15) is 5.75 Å². The maximum absolute atomic E-state index is 6.13.